The Labute approximate surface area is 126 Å². The van der Waals surface area contributed by atoms with Gasteiger partial charge in [0.1, 0.15) is 0 Å². The Bertz CT molecular complexity index is 763. The molecular weight excluding hydrogens is 252 g/mol. The molecule has 0 heteroatoms. The van der Waals surface area contributed by atoms with Gasteiger partial charge in [0, 0.05) is 5.92 Å². The van der Waals surface area contributed by atoms with Crippen LogP contribution >= 0.6 is 0 Å². The zero-order valence-electron chi connectivity index (χ0n) is 12.3. The number of benzene rings is 2. The van der Waals surface area contributed by atoms with Gasteiger partial charge in [-0.15, -0.1) is 0 Å². The van der Waals surface area contributed by atoms with Crippen LogP contribution in [-0.2, 0) is 0 Å². The van der Waals surface area contributed by atoms with Crippen molar-refractivity contribution in [1.82, 2.24) is 0 Å². The van der Waals surface area contributed by atoms with Gasteiger partial charge in [0.25, 0.3) is 0 Å². The Morgan fingerprint density at radius 2 is 1.43 bits per heavy atom. The molecular formula is C21H20. The topological polar surface area (TPSA) is 0 Å². The fraction of sp³-hybridized carbons (Fsp3) is 0.143. The van der Waals surface area contributed by atoms with Crippen molar-refractivity contribution in [2.45, 2.75) is 6.92 Å². The van der Waals surface area contributed by atoms with E-state index in [0.717, 1.165) is 0 Å². The average Bonchev–Trinajstić information content (AvgIpc) is 2.52. The first-order chi connectivity index (χ1) is 10.3. The Kier molecular flexibility index (Phi) is 4.16. The van der Waals surface area contributed by atoms with Crippen molar-refractivity contribution in [2.24, 2.45) is 11.8 Å². The highest BCUT2D eigenvalue weighted by atomic mass is 14.1. The maximum Gasteiger partial charge on any atom is 0.00192 e. The molecule has 0 aromatic heterocycles. The number of hydrogen-bond donors (Lipinski definition) is 0. The predicted octanol–water partition coefficient (Wildman–Crippen LogP) is 3.67. The Morgan fingerprint density at radius 1 is 0.762 bits per heavy atom. The van der Waals surface area contributed by atoms with Crippen molar-refractivity contribution in [3.63, 3.8) is 0 Å². The third-order valence-corrected chi connectivity index (χ3v) is 3.96. The van der Waals surface area contributed by atoms with E-state index < -0.39 is 0 Å². The molecule has 0 bridgehead atoms. The van der Waals surface area contributed by atoms with Gasteiger partial charge < -0.3 is 0 Å². The van der Waals surface area contributed by atoms with Crippen molar-refractivity contribution in [2.75, 3.05) is 0 Å². The lowest BCUT2D eigenvalue weighted by atomic mass is 9.89. The first-order valence-corrected chi connectivity index (χ1v) is 7.51. The van der Waals surface area contributed by atoms with E-state index in [-0.39, 0.29) is 0 Å². The molecule has 3 rings (SSSR count). The minimum absolute atomic E-state index is 0.473. The van der Waals surface area contributed by atoms with E-state index in [0.29, 0.717) is 11.8 Å². The fourth-order valence-corrected chi connectivity index (χ4v) is 2.67. The fourth-order valence-electron chi connectivity index (χ4n) is 2.67. The zero-order chi connectivity index (χ0) is 14.5. The summed E-state index contributed by atoms with van der Waals surface area (Å²) >= 11 is 0. The minimum Gasteiger partial charge on any atom is -0.0808 e. The van der Waals surface area contributed by atoms with Crippen molar-refractivity contribution in [3.05, 3.63) is 94.9 Å². The van der Waals surface area contributed by atoms with Gasteiger partial charge in [-0.1, -0.05) is 91.9 Å². The van der Waals surface area contributed by atoms with Crippen LogP contribution in [0.3, 0.4) is 0 Å². The van der Waals surface area contributed by atoms with Crippen molar-refractivity contribution >= 4 is 12.2 Å². The second-order valence-electron chi connectivity index (χ2n) is 5.56. The van der Waals surface area contributed by atoms with Crippen LogP contribution in [0.15, 0.2) is 78.9 Å². The van der Waals surface area contributed by atoms with E-state index in [1.54, 1.807) is 0 Å². The van der Waals surface area contributed by atoms with Crippen LogP contribution < -0.4 is 10.4 Å². The molecule has 0 saturated heterocycles. The van der Waals surface area contributed by atoms with Gasteiger partial charge in [0.15, 0.2) is 0 Å². The molecule has 104 valence electrons. The van der Waals surface area contributed by atoms with Crippen LogP contribution in [0.1, 0.15) is 12.5 Å². The van der Waals surface area contributed by atoms with E-state index >= 15 is 0 Å². The number of rotatable bonds is 2. The molecule has 0 heterocycles. The predicted molar refractivity (Wildman–Crippen MR) is 91.1 cm³/mol. The highest BCUT2D eigenvalue weighted by Gasteiger charge is 2.10. The second kappa shape index (κ2) is 6.41. The molecule has 1 aliphatic carbocycles. The van der Waals surface area contributed by atoms with Gasteiger partial charge in [0.05, 0.1) is 0 Å². The van der Waals surface area contributed by atoms with Crippen LogP contribution in [0.4, 0.5) is 0 Å². The van der Waals surface area contributed by atoms with Gasteiger partial charge in [-0.3, -0.25) is 0 Å². The van der Waals surface area contributed by atoms with Crippen molar-refractivity contribution < 1.29 is 0 Å². The second-order valence-corrected chi connectivity index (χ2v) is 5.56. The summed E-state index contributed by atoms with van der Waals surface area (Å²) in [6, 6.07) is 19.1. The first-order valence-electron chi connectivity index (χ1n) is 7.51. The molecule has 0 spiro atoms. The molecule has 21 heavy (non-hydrogen) atoms. The molecule has 0 radical (unpaired) electrons. The molecule has 0 N–H and O–H groups in total. The summed E-state index contributed by atoms with van der Waals surface area (Å²) in [6.07, 6.45) is 13.5. The molecule has 1 aliphatic rings. The standard InChI is InChI=1S/C21H20/c1-17-9-5-6-12-19(17)16-21-14-8-7-13-20(21)15-18-10-3-2-4-11-18/h2-17,19H,1H3. The molecule has 2 aromatic carbocycles. The average molecular weight is 272 g/mol. The van der Waals surface area contributed by atoms with Crippen molar-refractivity contribution in [3.8, 4) is 0 Å². The molecule has 2 atom stereocenters. The Balaban J connectivity index is 2.06. The molecule has 0 aliphatic heterocycles. The normalized spacial score (nSPS) is 22.7. The SMILES string of the molecule is CC1C=CC=CC1C=c1ccccc1=Cc1ccccc1. The molecule has 0 fully saturated rings. The van der Waals surface area contributed by atoms with Crippen LogP contribution in [0.25, 0.3) is 12.2 Å². The van der Waals surface area contributed by atoms with Crippen LogP contribution in [0, 0.1) is 11.8 Å². The lowest BCUT2D eigenvalue weighted by molar-refractivity contribution is 0.631. The van der Waals surface area contributed by atoms with E-state index in [4.69, 9.17) is 0 Å². The van der Waals surface area contributed by atoms with Gasteiger partial charge >= 0.3 is 0 Å². The summed E-state index contributed by atoms with van der Waals surface area (Å²) in [5, 5.41) is 2.58. The molecule has 2 aromatic rings. The Morgan fingerprint density at radius 3 is 2.19 bits per heavy atom. The van der Waals surface area contributed by atoms with Gasteiger partial charge in [-0.05, 0) is 28.0 Å². The summed E-state index contributed by atoms with van der Waals surface area (Å²) in [7, 11) is 0. The molecule has 0 saturated carbocycles. The summed E-state index contributed by atoms with van der Waals surface area (Å²) in [5.74, 6) is 1.03. The van der Waals surface area contributed by atoms with Crippen molar-refractivity contribution in [1.29, 1.82) is 0 Å². The quantitative estimate of drug-likeness (QED) is 0.782. The van der Waals surface area contributed by atoms with Gasteiger partial charge in [-0.2, -0.15) is 0 Å². The maximum absolute atomic E-state index is 2.37. The smallest absolute Gasteiger partial charge is 0.00192 e. The van der Waals surface area contributed by atoms with E-state index in [2.05, 4.69) is 98.0 Å². The highest BCUT2D eigenvalue weighted by Crippen LogP contribution is 2.19. The van der Waals surface area contributed by atoms with Crippen LogP contribution in [0.5, 0.6) is 0 Å². The van der Waals surface area contributed by atoms with Crippen LogP contribution in [-0.4, -0.2) is 0 Å². The summed E-state index contributed by atoms with van der Waals surface area (Å²) in [6.45, 7) is 2.27. The maximum atomic E-state index is 2.37. The van der Waals surface area contributed by atoms with E-state index in [1.807, 2.05) is 0 Å². The number of hydrogen-bond acceptors (Lipinski definition) is 0. The Hall–Kier alpha value is -2.34. The van der Waals surface area contributed by atoms with E-state index in [1.165, 1.54) is 16.0 Å². The zero-order valence-corrected chi connectivity index (χ0v) is 12.3. The van der Waals surface area contributed by atoms with Gasteiger partial charge in [0.2, 0.25) is 0 Å². The largest absolute Gasteiger partial charge is 0.0808 e. The molecule has 0 amide bonds. The van der Waals surface area contributed by atoms with Gasteiger partial charge in [-0.25, -0.2) is 0 Å². The lowest BCUT2D eigenvalue weighted by Crippen LogP contribution is -2.26. The third-order valence-electron chi connectivity index (χ3n) is 3.96. The minimum atomic E-state index is 0.473. The third kappa shape index (κ3) is 3.41. The summed E-state index contributed by atoms with van der Waals surface area (Å²) < 4.78 is 0. The molecule has 0 nitrogen and oxygen atoms in total. The summed E-state index contributed by atoms with van der Waals surface area (Å²) in [5.41, 5.74) is 1.24. The van der Waals surface area contributed by atoms with E-state index in [9.17, 15) is 0 Å². The monoisotopic (exact) mass is 272 g/mol. The summed E-state index contributed by atoms with van der Waals surface area (Å²) in [4.78, 5) is 0. The first kappa shape index (κ1) is 13.6. The van der Waals surface area contributed by atoms with Crippen LogP contribution in [0.2, 0.25) is 0 Å². The molecule has 2 unspecified atom stereocenters. The lowest BCUT2D eigenvalue weighted by Gasteiger charge is -2.16. The number of allylic oxidation sites excluding steroid dienone is 4. The highest BCUT2D eigenvalue weighted by molar-refractivity contribution is 5.50.